The zero-order valence-corrected chi connectivity index (χ0v) is 8.20. The van der Waals surface area contributed by atoms with E-state index in [2.05, 4.69) is 15.4 Å². The topological polar surface area (TPSA) is 77.5 Å². The number of phenols is 1. The fourth-order valence-corrected chi connectivity index (χ4v) is 0.856. The third-order valence-corrected chi connectivity index (χ3v) is 1.56. The monoisotopic (exact) mass is 205 g/mol. The fraction of sp³-hybridized carbons (Fsp3) is 0.100. The van der Waals surface area contributed by atoms with E-state index in [1.807, 2.05) is 0 Å². The van der Waals surface area contributed by atoms with Gasteiger partial charge in [0.1, 0.15) is 5.75 Å². The van der Waals surface area contributed by atoms with Gasteiger partial charge in [-0.05, 0) is 36.8 Å². The molecule has 2 N–H and O–H groups in total. The van der Waals surface area contributed by atoms with Crippen molar-refractivity contribution in [3.8, 4) is 5.75 Å². The van der Waals surface area contributed by atoms with Crippen molar-refractivity contribution in [2.45, 2.75) is 6.92 Å². The van der Waals surface area contributed by atoms with Crippen LogP contribution in [0.1, 0.15) is 12.5 Å². The first-order valence-corrected chi connectivity index (χ1v) is 4.26. The molecule has 0 aliphatic carbocycles. The number of benzene rings is 1. The van der Waals surface area contributed by atoms with E-state index in [4.69, 9.17) is 10.3 Å². The van der Waals surface area contributed by atoms with Crippen LogP contribution in [-0.4, -0.2) is 28.5 Å². The molecule has 0 saturated carbocycles. The quantitative estimate of drug-likeness (QED) is 0.447. The molecule has 0 unspecified atom stereocenters. The van der Waals surface area contributed by atoms with E-state index < -0.39 is 0 Å². The average Bonchev–Trinajstić information content (AvgIpc) is 2.21. The van der Waals surface area contributed by atoms with E-state index in [-0.39, 0.29) is 5.75 Å². The van der Waals surface area contributed by atoms with Crippen LogP contribution in [0.4, 0.5) is 0 Å². The molecule has 1 rings (SSSR count). The Kier molecular flexibility index (Phi) is 4.03. The van der Waals surface area contributed by atoms with E-state index in [0.717, 1.165) is 5.56 Å². The average molecular weight is 205 g/mol. The number of nitrogens with zero attached hydrogens (tertiary/aromatic N) is 3. The zero-order chi connectivity index (χ0) is 11.1. The first kappa shape index (κ1) is 10.9. The second-order valence-corrected chi connectivity index (χ2v) is 2.82. The van der Waals surface area contributed by atoms with Crippen molar-refractivity contribution in [3.63, 3.8) is 0 Å². The van der Waals surface area contributed by atoms with Gasteiger partial charge < -0.3 is 10.3 Å². The molecule has 0 aliphatic heterocycles. The van der Waals surface area contributed by atoms with Crippen LogP contribution in [0, 0.1) is 0 Å². The second kappa shape index (κ2) is 5.54. The number of hydrogen-bond donors (Lipinski definition) is 2. The van der Waals surface area contributed by atoms with Crippen molar-refractivity contribution < 1.29 is 10.3 Å². The molecule has 0 aromatic heterocycles. The Morgan fingerprint density at radius 2 is 1.93 bits per heavy atom. The molecule has 0 radical (unpaired) electrons. The van der Waals surface area contributed by atoms with Crippen molar-refractivity contribution in [2.75, 3.05) is 0 Å². The van der Waals surface area contributed by atoms with Gasteiger partial charge in [-0.2, -0.15) is 10.2 Å². The predicted molar refractivity (Wildman–Crippen MR) is 59.1 cm³/mol. The molecule has 5 nitrogen and oxygen atoms in total. The Hall–Kier alpha value is -2.17. The largest absolute Gasteiger partial charge is 0.508 e. The molecule has 0 bridgehead atoms. The highest BCUT2D eigenvalue weighted by Gasteiger charge is 1.88. The summed E-state index contributed by atoms with van der Waals surface area (Å²) in [6.45, 7) is 1.66. The van der Waals surface area contributed by atoms with Crippen LogP contribution >= 0.6 is 0 Å². The van der Waals surface area contributed by atoms with E-state index in [9.17, 15) is 0 Å². The standard InChI is InChI=1S/C10H11N3O2/c1-8(6-12-15)13-11-7-9-2-4-10(14)5-3-9/h2-7,14-15H,1H3/b11-7+,12-6+,13-8-. The lowest BCUT2D eigenvalue weighted by Crippen LogP contribution is -1.90. The summed E-state index contributed by atoms with van der Waals surface area (Å²) in [6, 6.07) is 6.55. The molecular formula is C10H11N3O2. The second-order valence-electron chi connectivity index (χ2n) is 2.82. The SMILES string of the molecule is CC(/C=N/O)=N/N=C/c1ccc(O)cc1. The van der Waals surface area contributed by atoms with Crippen molar-refractivity contribution in [2.24, 2.45) is 15.4 Å². The van der Waals surface area contributed by atoms with Gasteiger partial charge >= 0.3 is 0 Å². The molecule has 0 fully saturated rings. The van der Waals surface area contributed by atoms with Gasteiger partial charge in [0.25, 0.3) is 0 Å². The molecule has 78 valence electrons. The Morgan fingerprint density at radius 1 is 1.27 bits per heavy atom. The minimum Gasteiger partial charge on any atom is -0.508 e. The molecule has 1 aromatic rings. The van der Waals surface area contributed by atoms with E-state index in [1.54, 1.807) is 31.2 Å². The van der Waals surface area contributed by atoms with Gasteiger partial charge in [0.05, 0.1) is 18.1 Å². The summed E-state index contributed by atoms with van der Waals surface area (Å²) in [5, 5.41) is 27.5. The molecule has 0 spiro atoms. The molecule has 1 aromatic carbocycles. The van der Waals surface area contributed by atoms with Gasteiger partial charge in [0.15, 0.2) is 0 Å². The Morgan fingerprint density at radius 3 is 2.53 bits per heavy atom. The van der Waals surface area contributed by atoms with Gasteiger partial charge in [-0.1, -0.05) is 5.16 Å². The maximum absolute atomic E-state index is 9.02. The fourth-order valence-electron chi connectivity index (χ4n) is 0.856. The third kappa shape index (κ3) is 4.04. The number of aromatic hydroxyl groups is 1. The van der Waals surface area contributed by atoms with Gasteiger partial charge in [-0.15, -0.1) is 0 Å². The maximum Gasteiger partial charge on any atom is 0.115 e. The molecule has 15 heavy (non-hydrogen) atoms. The smallest absolute Gasteiger partial charge is 0.115 e. The van der Waals surface area contributed by atoms with Crippen molar-refractivity contribution in [3.05, 3.63) is 29.8 Å². The van der Waals surface area contributed by atoms with Gasteiger partial charge in [-0.25, -0.2) is 0 Å². The molecule has 0 atom stereocenters. The molecule has 0 amide bonds. The molecule has 0 aliphatic rings. The van der Waals surface area contributed by atoms with E-state index in [0.29, 0.717) is 5.71 Å². The number of phenolic OH excluding ortho intramolecular Hbond substituents is 1. The lowest BCUT2D eigenvalue weighted by Gasteiger charge is -1.91. The van der Waals surface area contributed by atoms with Crippen LogP contribution < -0.4 is 0 Å². The Balaban J connectivity index is 2.66. The Labute approximate surface area is 87.1 Å². The highest BCUT2D eigenvalue weighted by Crippen LogP contribution is 2.07. The summed E-state index contributed by atoms with van der Waals surface area (Å²) >= 11 is 0. The molecule has 0 saturated heterocycles. The normalized spacial score (nSPS) is 12.7. The maximum atomic E-state index is 9.02. The summed E-state index contributed by atoms with van der Waals surface area (Å²) < 4.78 is 0. The van der Waals surface area contributed by atoms with Gasteiger partial charge in [0.2, 0.25) is 0 Å². The molecule has 0 heterocycles. The number of oxime groups is 1. The van der Waals surface area contributed by atoms with Crippen LogP contribution in [0.5, 0.6) is 5.75 Å². The summed E-state index contributed by atoms with van der Waals surface area (Å²) in [6.07, 6.45) is 2.72. The zero-order valence-electron chi connectivity index (χ0n) is 8.20. The summed E-state index contributed by atoms with van der Waals surface area (Å²) in [4.78, 5) is 0. The third-order valence-electron chi connectivity index (χ3n) is 1.56. The van der Waals surface area contributed by atoms with Crippen molar-refractivity contribution in [1.29, 1.82) is 0 Å². The van der Waals surface area contributed by atoms with E-state index in [1.165, 1.54) is 12.4 Å². The van der Waals surface area contributed by atoms with Crippen LogP contribution in [0.3, 0.4) is 0 Å². The van der Waals surface area contributed by atoms with Crippen LogP contribution in [0.2, 0.25) is 0 Å². The van der Waals surface area contributed by atoms with Crippen LogP contribution in [0.25, 0.3) is 0 Å². The minimum absolute atomic E-state index is 0.208. The highest BCUT2D eigenvalue weighted by molar-refractivity contribution is 6.29. The van der Waals surface area contributed by atoms with E-state index >= 15 is 0 Å². The lowest BCUT2D eigenvalue weighted by molar-refractivity contribution is 0.322. The van der Waals surface area contributed by atoms with Crippen LogP contribution in [0.15, 0.2) is 39.6 Å². The van der Waals surface area contributed by atoms with Gasteiger partial charge in [0, 0.05) is 0 Å². The Bertz CT molecular complexity index is 394. The first-order chi connectivity index (χ1) is 7.22. The lowest BCUT2D eigenvalue weighted by atomic mass is 10.2. The number of hydrogen-bond acceptors (Lipinski definition) is 5. The highest BCUT2D eigenvalue weighted by atomic mass is 16.4. The van der Waals surface area contributed by atoms with Crippen molar-refractivity contribution >= 4 is 18.1 Å². The van der Waals surface area contributed by atoms with Gasteiger partial charge in [-0.3, -0.25) is 0 Å². The minimum atomic E-state index is 0.208. The van der Waals surface area contributed by atoms with Crippen LogP contribution in [-0.2, 0) is 0 Å². The van der Waals surface area contributed by atoms with Crippen molar-refractivity contribution in [1.82, 2.24) is 0 Å². The first-order valence-electron chi connectivity index (χ1n) is 4.26. The predicted octanol–water partition coefficient (Wildman–Crippen LogP) is 1.65. The summed E-state index contributed by atoms with van der Waals surface area (Å²) in [7, 11) is 0. The molecule has 5 heteroatoms. The summed E-state index contributed by atoms with van der Waals surface area (Å²) in [5.41, 5.74) is 1.32. The molecular weight excluding hydrogens is 194 g/mol. The number of rotatable bonds is 3. The summed E-state index contributed by atoms with van der Waals surface area (Å²) in [5.74, 6) is 0.208.